The maximum absolute atomic E-state index is 11.9. The van der Waals surface area contributed by atoms with Gasteiger partial charge in [0, 0.05) is 43.7 Å². The van der Waals surface area contributed by atoms with Crippen LogP contribution < -0.4 is 10.2 Å². The summed E-state index contributed by atoms with van der Waals surface area (Å²) in [5, 5.41) is 3.89. The summed E-state index contributed by atoms with van der Waals surface area (Å²) in [6.07, 6.45) is 1.69. The molecule has 0 spiro atoms. The van der Waals surface area contributed by atoms with Crippen molar-refractivity contribution in [3.05, 3.63) is 67.3 Å². The van der Waals surface area contributed by atoms with Gasteiger partial charge in [0.1, 0.15) is 0 Å². The first kappa shape index (κ1) is 19.1. The Labute approximate surface area is 170 Å². The molecule has 1 aromatic heterocycles. The van der Waals surface area contributed by atoms with Gasteiger partial charge in [-0.2, -0.15) is 0 Å². The van der Waals surface area contributed by atoms with Crippen LogP contribution in [0.5, 0.6) is 0 Å². The summed E-state index contributed by atoms with van der Waals surface area (Å²) in [5.74, 6) is 0.782. The molecule has 0 saturated carbocycles. The zero-order valence-electron chi connectivity index (χ0n) is 16.4. The maximum atomic E-state index is 11.9. The summed E-state index contributed by atoms with van der Waals surface area (Å²) in [7, 11) is 0. The average molecular weight is 387 g/mol. The van der Waals surface area contributed by atoms with Gasteiger partial charge in [-0.05, 0) is 6.07 Å². The number of carbonyl (C=O) groups excluding carboxylic acids is 1. The number of nitrogens with one attached hydrogen (secondary N) is 1. The third-order valence-electron chi connectivity index (χ3n) is 5.10. The molecule has 6 heteroatoms. The number of para-hydroxylation sites is 1. The largest absolute Gasteiger partial charge is 0.352 e. The first-order valence-electron chi connectivity index (χ1n) is 9.91. The smallest absolute Gasteiger partial charge is 0.234 e. The highest BCUT2D eigenvalue weighted by Gasteiger charge is 2.22. The summed E-state index contributed by atoms with van der Waals surface area (Å²) in [5.41, 5.74) is 2.99. The van der Waals surface area contributed by atoms with Crippen LogP contribution >= 0.6 is 0 Å². The minimum Gasteiger partial charge on any atom is -0.352 e. The van der Waals surface area contributed by atoms with Crippen molar-refractivity contribution in [2.45, 2.75) is 0 Å². The van der Waals surface area contributed by atoms with Crippen LogP contribution in [0.3, 0.4) is 0 Å². The highest BCUT2D eigenvalue weighted by atomic mass is 16.2. The minimum atomic E-state index is 0.0340. The Morgan fingerprint density at radius 3 is 2.48 bits per heavy atom. The number of aromatic nitrogens is 2. The molecule has 1 saturated heterocycles. The van der Waals surface area contributed by atoms with Crippen molar-refractivity contribution in [2.75, 3.05) is 44.2 Å². The lowest BCUT2D eigenvalue weighted by Gasteiger charge is -2.34. The molecule has 1 aliphatic heterocycles. The summed E-state index contributed by atoms with van der Waals surface area (Å²) in [6, 6.07) is 18.4. The molecule has 1 amide bonds. The van der Waals surface area contributed by atoms with E-state index < -0.39 is 0 Å². The highest BCUT2D eigenvalue weighted by molar-refractivity contribution is 5.93. The molecule has 1 N–H and O–H groups in total. The van der Waals surface area contributed by atoms with E-state index in [4.69, 9.17) is 9.97 Å². The second-order valence-corrected chi connectivity index (χ2v) is 7.11. The lowest BCUT2D eigenvalue weighted by atomic mass is 10.1. The molecule has 0 radical (unpaired) electrons. The van der Waals surface area contributed by atoms with Crippen molar-refractivity contribution >= 4 is 22.8 Å². The van der Waals surface area contributed by atoms with Crippen LogP contribution in [0.4, 0.5) is 5.95 Å². The van der Waals surface area contributed by atoms with Gasteiger partial charge in [-0.25, -0.2) is 9.97 Å². The highest BCUT2D eigenvalue weighted by Crippen LogP contribution is 2.28. The fraction of sp³-hybridized carbons (Fsp3) is 0.261. The number of anilines is 1. The van der Waals surface area contributed by atoms with Gasteiger partial charge in [0.2, 0.25) is 11.9 Å². The predicted octanol–water partition coefficient (Wildman–Crippen LogP) is 2.72. The molecule has 1 fully saturated rings. The van der Waals surface area contributed by atoms with Gasteiger partial charge in [-0.1, -0.05) is 54.6 Å². The second kappa shape index (κ2) is 8.84. The van der Waals surface area contributed by atoms with E-state index in [0.29, 0.717) is 13.1 Å². The first-order valence-corrected chi connectivity index (χ1v) is 9.91. The lowest BCUT2D eigenvalue weighted by molar-refractivity contribution is -0.122. The van der Waals surface area contributed by atoms with Crippen molar-refractivity contribution < 1.29 is 4.79 Å². The molecule has 2 heterocycles. The van der Waals surface area contributed by atoms with Crippen LogP contribution in [-0.2, 0) is 4.79 Å². The predicted molar refractivity (Wildman–Crippen MR) is 117 cm³/mol. The summed E-state index contributed by atoms with van der Waals surface area (Å²) < 4.78 is 0. The molecule has 6 nitrogen and oxygen atoms in total. The van der Waals surface area contributed by atoms with Crippen molar-refractivity contribution in [3.8, 4) is 11.3 Å². The average Bonchev–Trinajstić information content (AvgIpc) is 2.78. The number of nitrogens with zero attached hydrogens (tertiary/aromatic N) is 4. The fourth-order valence-electron chi connectivity index (χ4n) is 3.57. The Bertz CT molecular complexity index is 997. The van der Waals surface area contributed by atoms with Gasteiger partial charge in [0.05, 0.1) is 17.8 Å². The van der Waals surface area contributed by atoms with E-state index in [1.807, 2.05) is 36.4 Å². The van der Waals surface area contributed by atoms with E-state index in [-0.39, 0.29) is 5.91 Å². The molecule has 1 aliphatic rings. The van der Waals surface area contributed by atoms with E-state index >= 15 is 0 Å². The summed E-state index contributed by atoms with van der Waals surface area (Å²) in [6.45, 7) is 7.74. The van der Waals surface area contributed by atoms with E-state index in [9.17, 15) is 4.79 Å². The SMILES string of the molecule is C=CCNC(=O)CN1CCN(c2nc(-c3ccccc3)c3ccccc3n2)CC1. The Morgan fingerprint density at radius 2 is 1.72 bits per heavy atom. The Hall–Kier alpha value is -3.25. The van der Waals surface area contributed by atoms with Gasteiger partial charge >= 0.3 is 0 Å². The number of fused-ring (bicyclic) bond motifs is 1. The second-order valence-electron chi connectivity index (χ2n) is 7.11. The van der Waals surface area contributed by atoms with Crippen molar-refractivity contribution in [1.82, 2.24) is 20.2 Å². The van der Waals surface area contributed by atoms with E-state index in [2.05, 4.69) is 39.9 Å². The van der Waals surface area contributed by atoms with Crippen molar-refractivity contribution in [3.63, 3.8) is 0 Å². The monoisotopic (exact) mass is 387 g/mol. The Kier molecular flexibility index (Phi) is 5.81. The zero-order valence-corrected chi connectivity index (χ0v) is 16.4. The number of benzene rings is 2. The number of hydrogen-bond acceptors (Lipinski definition) is 5. The molecule has 0 bridgehead atoms. The molecular weight excluding hydrogens is 362 g/mol. The fourth-order valence-corrected chi connectivity index (χ4v) is 3.57. The first-order chi connectivity index (χ1) is 14.2. The summed E-state index contributed by atoms with van der Waals surface area (Å²) in [4.78, 5) is 26.0. The van der Waals surface area contributed by atoms with E-state index in [1.165, 1.54) is 0 Å². The molecule has 3 aromatic rings. The maximum Gasteiger partial charge on any atom is 0.234 e. The molecule has 2 aromatic carbocycles. The molecule has 4 rings (SSSR count). The molecular formula is C23H25N5O. The van der Waals surface area contributed by atoms with Gasteiger partial charge in [0.25, 0.3) is 0 Å². The zero-order chi connectivity index (χ0) is 20.1. The Balaban J connectivity index is 1.53. The number of carbonyl (C=O) groups is 1. The molecule has 29 heavy (non-hydrogen) atoms. The molecule has 0 atom stereocenters. The van der Waals surface area contributed by atoms with Crippen molar-refractivity contribution in [1.29, 1.82) is 0 Å². The molecule has 0 aliphatic carbocycles. The molecule has 0 unspecified atom stereocenters. The van der Waals surface area contributed by atoms with Crippen LogP contribution in [0.2, 0.25) is 0 Å². The minimum absolute atomic E-state index is 0.0340. The number of rotatable bonds is 6. The van der Waals surface area contributed by atoms with Gasteiger partial charge in [0.15, 0.2) is 0 Å². The number of piperazine rings is 1. The van der Waals surface area contributed by atoms with Crippen LogP contribution in [0.25, 0.3) is 22.2 Å². The third kappa shape index (κ3) is 4.43. The van der Waals surface area contributed by atoms with E-state index in [0.717, 1.165) is 54.3 Å². The standard InChI is InChI=1S/C23H25N5O/c1-2-12-24-21(29)17-27-13-15-28(16-14-27)23-25-20-11-7-6-10-19(20)22(26-23)18-8-4-3-5-9-18/h2-11H,1,12-17H2,(H,24,29). The van der Waals surface area contributed by atoms with Crippen LogP contribution in [0, 0.1) is 0 Å². The number of amides is 1. The van der Waals surface area contributed by atoms with Gasteiger partial charge in [-0.15, -0.1) is 6.58 Å². The quantitative estimate of drug-likeness (QED) is 0.659. The van der Waals surface area contributed by atoms with Gasteiger partial charge in [-0.3, -0.25) is 9.69 Å². The molecule has 148 valence electrons. The summed E-state index contributed by atoms with van der Waals surface area (Å²) >= 11 is 0. The van der Waals surface area contributed by atoms with Gasteiger partial charge < -0.3 is 10.2 Å². The van der Waals surface area contributed by atoms with Crippen molar-refractivity contribution in [2.24, 2.45) is 0 Å². The topological polar surface area (TPSA) is 61.4 Å². The van der Waals surface area contributed by atoms with Crippen LogP contribution in [-0.4, -0.2) is 60.0 Å². The number of hydrogen-bond donors (Lipinski definition) is 1. The van der Waals surface area contributed by atoms with Crippen LogP contribution in [0.1, 0.15) is 0 Å². The normalized spacial score (nSPS) is 14.7. The Morgan fingerprint density at radius 1 is 1.00 bits per heavy atom. The van der Waals surface area contributed by atoms with Crippen LogP contribution in [0.15, 0.2) is 67.3 Å². The lowest BCUT2D eigenvalue weighted by Crippen LogP contribution is -2.50. The van der Waals surface area contributed by atoms with E-state index in [1.54, 1.807) is 6.08 Å². The third-order valence-corrected chi connectivity index (χ3v) is 5.10.